The minimum Gasteiger partial charge on any atom is -0.357 e. The maximum absolute atomic E-state index is 12.1. The van der Waals surface area contributed by atoms with Gasteiger partial charge >= 0.3 is 0 Å². The molecule has 0 aliphatic heterocycles. The van der Waals surface area contributed by atoms with Crippen LogP contribution in [0, 0.1) is 6.92 Å². The summed E-state index contributed by atoms with van der Waals surface area (Å²) in [6.07, 6.45) is 3.21. The number of sulfonamides is 1. The van der Waals surface area contributed by atoms with Crippen LogP contribution in [0.5, 0.6) is 0 Å². The number of rotatable bonds is 6. The molecule has 21 heavy (non-hydrogen) atoms. The van der Waals surface area contributed by atoms with Gasteiger partial charge in [0.25, 0.3) is 0 Å². The van der Waals surface area contributed by atoms with Gasteiger partial charge in [-0.05, 0) is 18.9 Å². The topological polar surface area (TPSA) is 84.0 Å². The van der Waals surface area contributed by atoms with Gasteiger partial charge in [-0.15, -0.1) is 0 Å². The van der Waals surface area contributed by atoms with E-state index in [9.17, 15) is 8.42 Å². The fourth-order valence-electron chi connectivity index (χ4n) is 1.86. The molecule has 0 aliphatic rings. The monoisotopic (exact) mass is 306 g/mol. The molecule has 0 saturated heterocycles. The second kappa shape index (κ2) is 6.64. The van der Waals surface area contributed by atoms with E-state index in [0.29, 0.717) is 18.9 Å². The van der Waals surface area contributed by atoms with Crippen molar-refractivity contribution in [3.8, 4) is 0 Å². The van der Waals surface area contributed by atoms with Crippen molar-refractivity contribution in [1.29, 1.82) is 0 Å². The Bertz CT molecular complexity index is 699. The van der Waals surface area contributed by atoms with Crippen molar-refractivity contribution in [3.05, 3.63) is 47.8 Å². The summed E-state index contributed by atoms with van der Waals surface area (Å²) in [7, 11) is -1.90. The minimum atomic E-state index is -3.57. The zero-order valence-corrected chi connectivity index (χ0v) is 12.8. The molecule has 0 unspecified atom stereocenters. The van der Waals surface area contributed by atoms with E-state index in [1.807, 2.05) is 31.2 Å². The summed E-state index contributed by atoms with van der Waals surface area (Å²) < 4.78 is 26.7. The molecule has 6 nitrogen and oxygen atoms in total. The van der Waals surface area contributed by atoms with E-state index in [-0.39, 0.29) is 4.90 Å². The number of aryl methyl sites for hydroxylation is 1. The average molecular weight is 306 g/mol. The molecule has 2 aromatic rings. The molecule has 112 valence electrons. The molecule has 7 heteroatoms. The zero-order chi connectivity index (χ0) is 15.3. The first-order chi connectivity index (χ1) is 10.0. The van der Waals surface area contributed by atoms with Crippen molar-refractivity contribution < 1.29 is 8.42 Å². The largest absolute Gasteiger partial charge is 0.357 e. The molecule has 0 radical (unpaired) electrons. The molecule has 0 amide bonds. The van der Waals surface area contributed by atoms with Crippen molar-refractivity contribution in [2.24, 2.45) is 0 Å². The van der Waals surface area contributed by atoms with Crippen LogP contribution in [0.1, 0.15) is 11.1 Å². The third-order valence-corrected chi connectivity index (χ3v) is 4.37. The molecule has 2 N–H and O–H groups in total. The molecule has 1 aromatic carbocycles. The van der Waals surface area contributed by atoms with Crippen LogP contribution in [0.4, 0.5) is 5.95 Å². The van der Waals surface area contributed by atoms with Crippen LogP contribution in [0.3, 0.4) is 0 Å². The molecular weight excluding hydrogens is 288 g/mol. The standard InChI is InChI=1S/C14H18N4O2S/c1-11-4-3-5-12(8-11)6-7-18-21(19,20)13-9-16-14(15-2)17-10-13/h3-5,8-10,18H,6-7H2,1-2H3,(H,15,16,17). The summed E-state index contributed by atoms with van der Waals surface area (Å²) in [5, 5.41) is 2.74. The van der Waals surface area contributed by atoms with E-state index < -0.39 is 10.0 Å². The second-order valence-electron chi connectivity index (χ2n) is 4.63. The van der Waals surface area contributed by atoms with Crippen molar-refractivity contribution in [3.63, 3.8) is 0 Å². The Morgan fingerprint density at radius 1 is 1.19 bits per heavy atom. The van der Waals surface area contributed by atoms with Gasteiger partial charge in [-0.25, -0.2) is 23.1 Å². The summed E-state index contributed by atoms with van der Waals surface area (Å²) >= 11 is 0. The fourth-order valence-corrected chi connectivity index (χ4v) is 2.79. The van der Waals surface area contributed by atoms with Crippen molar-refractivity contribution in [2.45, 2.75) is 18.2 Å². The third-order valence-electron chi connectivity index (χ3n) is 2.95. The van der Waals surface area contributed by atoms with Gasteiger partial charge in [0.2, 0.25) is 16.0 Å². The van der Waals surface area contributed by atoms with Crippen LogP contribution in [0.25, 0.3) is 0 Å². The van der Waals surface area contributed by atoms with Crippen LogP contribution >= 0.6 is 0 Å². The van der Waals surface area contributed by atoms with E-state index in [0.717, 1.165) is 11.1 Å². The van der Waals surface area contributed by atoms with E-state index in [1.54, 1.807) is 7.05 Å². The number of hydrogen-bond acceptors (Lipinski definition) is 5. The Hall–Kier alpha value is -1.99. The van der Waals surface area contributed by atoms with Crippen molar-refractivity contribution in [2.75, 3.05) is 18.9 Å². The lowest BCUT2D eigenvalue weighted by Gasteiger charge is -2.07. The predicted octanol–water partition coefficient (Wildman–Crippen LogP) is 1.35. The van der Waals surface area contributed by atoms with Gasteiger partial charge in [0, 0.05) is 13.6 Å². The van der Waals surface area contributed by atoms with E-state index >= 15 is 0 Å². The first-order valence-electron chi connectivity index (χ1n) is 6.56. The molecule has 0 saturated carbocycles. The lowest BCUT2D eigenvalue weighted by atomic mass is 10.1. The van der Waals surface area contributed by atoms with Crippen LogP contribution in [-0.2, 0) is 16.4 Å². The van der Waals surface area contributed by atoms with Gasteiger partial charge < -0.3 is 5.32 Å². The van der Waals surface area contributed by atoms with Gasteiger partial charge in [-0.2, -0.15) is 0 Å². The molecule has 2 rings (SSSR count). The number of anilines is 1. The molecule has 0 bridgehead atoms. The zero-order valence-electron chi connectivity index (χ0n) is 12.0. The van der Waals surface area contributed by atoms with Crippen molar-refractivity contribution >= 4 is 16.0 Å². The predicted molar refractivity (Wildman–Crippen MR) is 81.7 cm³/mol. The molecule has 0 spiro atoms. The first kappa shape index (κ1) is 15.4. The Labute approximate surface area is 124 Å². The third kappa shape index (κ3) is 4.24. The minimum absolute atomic E-state index is 0.0609. The molecule has 0 aliphatic carbocycles. The van der Waals surface area contributed by atoms with Crippen LogP contribution in [-0.4, -0.2) is 32.0 Å². The van der Waals surface area contributed by atoms with Crippen molar-refractivity contribution in [1.82, 2.24) is 14.7 Å². The molecule has 0 atom stereocenters. The summed E-state index contributed by atoms with van der Waals surface area (Å²) in [5.41, 5.74) is 2.26. The number of benzene rings is 1. The quantitative estimate of drug-likeness (QED) is 0.841. The molecular formula is C14H18N4O2S. The van der Waals surface area contributed by atoms with Gasteiger partial charge in [0.1, 0.15) is 4.90 Å². The Balaban J connectivity index is 1.97. The maximum atomic E-state index is 12.1. The van der Waals surface area contributed by atoms with Gasteiger partial charge in [-0.3, -0.25) is 0 Å². The summed E-state index contributed by atoms with van der Waals surface area (Å²) in [6, 6.07) is 7.99. The Kier molecular flexibility index (Phi) is 4.87. The molecule has 1 heterocycles. The van der Waals surface area contributed by atoms with Gasteiger partial charge in [-0.1, -0.05) is 29.8 Å². The van der Waals surface area contributed by atoms with E-state index in [2.05, 4.69) is 20.0 Å². The van der Waals surface area contributed by atoms with Gasteiger partial charge in [0.15, 0.2) is 0 Å². The first-order valence-corrected chi connectivity index (χ1v) is 8.04. The lowest BCUT2D eigenvalue weighted by molar-refractivity contribution is 0.580. The lowest BCUT2D eigenvalue weighted by Crippen LogP contribution is -2.26. The van der Waals surface area contributed by atoms with Crippen LogP contribution in [0.15, 0.2) is 41.6 Å². The highest BCUT2D eigenvalue weighted by Gasteiger charge is 2.14. The second-order valence-corrected chi connectivity index (χ2v) is 6.40. The highest BCUT2D eigenvalue weighted by Crippen LogP contribution is 2.08. The highest BCUT2D eigenvalue weighted by molar-refractivity contribution is 7.89. The summed E-state index contributed by atoms with van der Waals surface area (Å²) in [6.45, 7) is 2.34. The fraction of sp³-hybridized carbons (Fsp3) is 0.286. The summed E-state index contributed by atoms with van der Waals surface area (Å²) in [4.78, 5) is 7.86. The molecule has 1 aromatic heterocycles. The Morgan fingerprint density at radius 2 is 1.90 bits per heavy atom. The number of nitrogens with one attached hydrogen (secondary N) is 2. The van der Waals surface area contributed by atoms with Crippen LogP contribution < -0.4 is 10.0 Å². The maximum Gasteiger partial charge on any atom is 0.243 e. The number of hydrogen-bond donors (Lipinski definition) is 2. The number of nitrogens with zero attached hydrogens (tertiary/aromatic N) is 2. The van der Waals surface area contributed by atoms with E-state index in [4.69, 9.17) is 0 Å². The summed E-state index contributed by atoms with van der Waals surface area (Å²) in [5.74, 6) is 0.383. The number of aromatic nitrogens is 2. The SMILES string of the molecule is CNc1ncc(S(=O)(=O)NCCc2cccc(C)c2)cn1. The van der Waals surface area contributed by atoms with Crippen LogP contribution in [0.2, 0.25) is 0 Å². The average Bonchev–Trinajstić information content (AvgIpc) is 2.47. The van der Waals surface area contributed by atoms with Gasteiger partial charge in [0.05, 0.1) is 12.4 Å². The molecule has 0 fully saturated rings. The van der Waals surface area contributed by atoms with E-state index in [1.165, 1.54) is 12.4 Å². The smallest absolute Gasteiger partial charge is 0.243 e. The highest BCUT2D eigenvalue weighted by atomic mass is 32.2. The normalized spacial score (nSPS) is 11.3. The Morgan fingerprint density at radius 3 is 2.52 bits per heavy atom.